The minimum Gasteiger partial charge on any atom is -0.506 e. The van der Waals surface area contributed by atoms with Gasteiger partial charge in [-0.3, -0.25) is 4.79 Å². The maximum absolute atomic E-state index is 14.3. The molecule has 1 aliphatic carbocycles. The Kier molecular flexibility index (Phi) is 7.19. The fourth-order valence-electron chi connectivity index (χ4n) is 5.70. The Bertz CT molecular complexity index is 1520. The molecular weight excluding hydrogens is 620 g/mol. The van der Waals surface area contributed by atoms with E-state index in [1.165, 1.54) is 18.3 Å². The Hall–Kier alpha value is -3.02. The van der Waals surface area contributed by atoms with E-state index in [2.05, 4.69) is 8.63 Å². The van der Waals surface area contributed by atoms with Crippen molar-refractivity contribution in [2.45, 2.75) is 52.6 Å². The highest BCUT2D eigenvalue weighted by Gasteiger charge is 2.38. The van der Waals surface area contributed by atoms with E-state index in [1.807, 2.05) is 60.7 Å². The van der Waals surface area contributed by atoms with Crippen molar-refractivity contribution in [1.82, 2.24) is 13.3 Å². The molecule has 3 aromatic rings. The first-order valence-corrected chi connectivity index (χ1v) is 14.0. The van der Waals surface area contributed by atoms with Crippen LogP contribution in [0, 0.1) is 12.3 Å². The number of fused-ring (bicyclic) bond motifs is 1. The summed E-state index contributed by atoms with van der Waals surface area (Å²) in [7, 11) is 0. The van der Waals surface area contributed by atoms with E-state index in [4.69, 9.17) is 0 Å². The van der Waals surface area contributed by atoms with Crippen molar-refractivity contribution < 1.29 is 18.3 Å². The number of aliphatic hydroxyl groups excluding tert-OH is 1. The molecule has 0 spiro atoms. The number of benzene rings is 2. The summed E-state index contributed by atoms with van der Waals surface area (Å²) in [6, 6.07) is 9.41. The molecule has 39 heavy (non-hydrogen) atoms. The predicted octanol–water partition coefficient (Wildman–Crippen LogP) is 6.75. The number of rotatable bonds is 5. The molecule has 2 aromatic carbocycles. The number of hydrogen-bond donors (Lipinski definition) is 2. The molecule has 0 amide bonds. The van der Waals surface area contributed by atoms with Crippen molar-refractivity contribution in [1.29, 1.82) is 0 Å². The van der Waals surface area contributed by atoms with Crippen LogP contribution in [0.25, 0.3) is 22.7 Å². The van der Waals surface area contributed by atoms with Gasteiger partial charge in [-0.1, -0.05) is 13.8 Å². The second-order valence-electron chi connectivity index (χ2n) is 11.2. The van der Waals surface area contributed by atoms with Gasteiger partial charge in [0.2, 0.25) is 0 Å². The van der Waals surface area contributed by atoms with Crippen LogP contribution in [0.5, 0.6) is 0 Å². The van der Waals surface area contributed by atoms with Crippen LogP contribution in [0.4, 0.5) is 18.9 Å². The molecule has 5 rings (SSSR count). The number of aromatic nitrogens is 2. The van der Waals surface area contributed by atoms with Gasteiger partial charge in [0.05, 0.1) is 39.8 Å². The Morgan fingerprint density at radius 1 is 1.10 bits per heavy atom. The molecule has 2 heterocycles. The van der Waals surface area contributed by atoms with Gasteiger partial charge in [-0.25, -0.2) is 0 Å². The SMILES string of the molecule is Cc1cc(/C(O)=C/NI)cc(-c2nn(-c3cc(N4CCCC4)ccc3C(F)(F)F)c(=O)c3c2CC(C)(C)C3)c1. The molecule has 1 saturated heterocycles. The topological polar surface area (TPSA) is 70.4 Å². The summed E-state index contributed by atoms with van der Waals surface area (Å²) in [6.45, 7) is 7.47. The Balaban J connectivity index is 1.79. The summed E-state index contributed by atoms with van der Waals surface area (Å²) < 4.78 is 46.5. The third-order valence-corrected chi connectivity index (χ3v) is 7.75. The second kappa shape index (κ2) is 10.2. The van der Waals surface area contributed by atoms with E-state index in [1.54, 1.807) is 6.07 Å². The standard InChI is InChI=1S/C29H30F3IN4O2/c1-17-10-18(25(38)16-34-33)12-19(11-17)26-21-14-28(2,3)15-22(21)27(39)37(35-26)24-13-20(36-8-4-5-9-36)6-7-23(24)29(30,31)32/h6-7,10-13,16,34,38H,4-5,8-9,14-15H2,1-3H3/b25-16-. The van der Waals surface area contributed by atoms with E-state index in [-0.39, 0.29) is 16.9 Å². The van der Waals surface area contributed by atoms with Gasteiger partial charge in [-0.2, -0.15) is 23.0 Å². The molecule has 6 nitrogen and oxygen atoms in total. The minimum atomic E-state index is -4.67. The lowest BCUT2D eigenvalue weighted by Crippen LogP contribution is -2.29. The van der Waals surface area contributed by atoms with Gasteiger partial charge in [0, 0.05) is 41.7 Å². The molecule has 0 bridgehead atoms. The normalized spacial score (nSPS) is 17.0. The maximum Gasteiger partial charge on any atom is 0.418 e. The van der Waals surface area contributed by atoms with Gasteiger partial charge in [-0.15, -0.1) is 0 Å². The number of aliphatic hydroxyl groups is 1. The van der Waals surface area contributed by atoms with Crippen LogP contribution in [-0.4, -0.2) is 28.0 Å². The zero-order valence-electron chi connectivity index (χ0n) is 22.0. The summed E-state index contributed by atoms with van der Waals surface area (Å²) in [6.07, 6.45) is -0.278. The monoisotopic (exact) mass is 650 g/mol. The van der Waals surface area contributed by atoms with E-state index < -0.39 is 17.3 Å². The molecule has 1 fully saturated rings. The number of aryl methyl sites for hydroxylation is 1. The zero-order valence-corrected chi connectivity index (χ0v) is 24.2. The molecule has 10 heteroatoms. The third-order valence-electron chi connectivity index (χ3n) is 7.44. The summed E-state index contributed by atoms with van der Waals surface area (Å²) in [5.74, 6) is 0.0114. The molecular formula is C29H30F3IN4O2. The Morgan fingerprint density at radius 3 is 2.46 bits per heavy atom. The van der Waals surface area contributed by atoms with Crippen molar-refractivity contribution in [2.75, 3.05) is 18.0 Å². The lowest BCUT2D eigenvalue weighted by atomic mass is 9.89. The van der Waals surface area contributed by atoms with Crippen molar-refractivity contribution >= 4 is 34.3 Å². The van der Waals surface area contributed by atoms with Crippen LogP contribution in [0.1, 0.15) is 54.5 Å². The van der Waals surface area contributed by atoms with Gasteiger partial charge in [0.15, 0.2) is 0 Å². The van der Waals surface area contributed by atoms with Crippen LogP contribution in [-0.2, 0) is 19.0 Å². The summed E-state index contributed by atoms with van der Waals surface area (Å²) in [5.41, 5.74) is 2.40. The summed E-state index contributed by atoms with van der Waals surface area (Å²) >= 11 is 1.89. The molecule has 2 aliphatic rings. The average Bonchev–Trinajstić information content (AvgIpc) is 3.51. The predicted molar refractivity (Wildman–Crippen MR) is 155 cm³/mol. The number of alkyl halides is 3. The van der Waals surface area contributed by atoms with Crippen LogP contribution in [0.3, 0.4) is 0 Å². The second-order valence-corrected chi connectivity index (χ2v) is 11.8. The molecule has 0 radical (unpaired) electrons. The highest BCUT2D eigenvalue weighted by Crippen LogP contribution is 2.41. The number of anilines is 1. The highest BCUT2D eigenvalue weighted by molar-refractivity contribution is 14.1. The first-order valence-electron chi connectivity index (χ1n) is 12.9. The van der Waals surface area contributed by atoms with Crippen molar-refractivity contribution in [3.63, 3.8) is 0 Å². The number of halogens is 4. The smallest absolute Gasteiger partial charge is 0.418 e. The minimum absolute atomic E-state index is 0.0114. The Labute approximate surface area is 239 Å². The molecule has 0 saturated carbocycles. The summed E-state index contributed by atoms with van der Waals surface area (Å²) in [4.78, 5) is 15.9. The van der Waals surface area contributed by atoms with Gasteiger partial charge in [0.1, 0.15) is 5.76 Å². The zero-order chi connectivity index (χ0) is 28.1. The van der Waals surface area contributed by atoms with Crippen molar-refractivity contribution in [3.8, 4) is 16.9 Å². The number of hydrogen-bond acceptors (Lipinski definition) is 5. The molecule has 0 atom stereocenters. The first-order chi connectivity index (χ1) is 18.4. The summed E-state index contributed by atoms with van der Waals surface area (Å²) in [5, 5.41) is 15.2. The first kappa shape index (κ1) is 27.5. The largest absolute Gasteiger partial charge is 0.506 e. The lowest BCUT2D eigenvalue weighted by Gasteiger charge is -2.22. The fourth-order valence-corrected chi connectivity index (χ4v) is 6.00. The van der Waals surface area contributed by atoms with Crippen LogP contribution < -0.4 is 14.0 Å². The number of nitrogens with zero attached hydrogens (tertiary/aromatic N) is 3. The van der Waals surface area contributed by atoms with Gasteiger partial charge in [-0.05, 0) is 85.5 Å². The molecule has 2 N–H and O–H groups in total. The fraction of sp³-hybridized carbons (Fsp3) is 0.379. The van der Waals surface area contributed by atoms with Crippen molar-refractivity contribution in [2.24, 2.45) is 5.41 Å². The van der Waals surface area contributed by atoms with Crippen LogP contribution in [0.2, 0.25) is 0 Å². The van der Waals surface area contributed by atoms with Crippen LogP contribution in [0.15, 0.2) is 47.4 Å². The van der Waals surface area contributed by atoms with Crippen LogP contribution >= 0.6 is 22.9 Å². The lowest BCUT2D eigenvalue weighted by molar-refractivity contribution is -0.137. The maximum atomic E-state index is 14.3. The average molecular weight is 650 g/mol. The molecule has 0 unspecified atom stereocenters. The molecule has 206 valence electrons. The van der Waals surface area contributed by atoms with Gasteiger partial charge in [0.25, 0.3) is 5.56 Å². The molecule has 1 aromatic heterocycles. The van der Waals surface area contributed by atoms with Gasteiger partial charge < -0.3 is 13.5 Å². The van der Waals surface area contributed by atoms with E-state index in [9.17, 15) is 23.1 Å². The quantitative estimate of drug-likeness (QED) is 0.182. The van der Waals surface area contributed by atoms with E-state index in [0.717, 1.165) is 47.8 Å². The van der Waals surface area contributed by atoms with E-state index in [0.29, 0.717) is 40.9 Å². The highest BCUT2D eigenvalue weighted by atomic mass is 127. The van der Waals surface area contributed by atoms with E-state index >= 15 is 0 Å². The third kappa shape index (κ3) is 5.39. The van der Waals surface area contributed by atoms with Gasteiger partial charge >= 0.3 is 6.18 Å². The van der Waals surface area contributed by atoms with Crippen molar-refractivity contribution in [3.05, 3.63) is 80.8 Å². The Morgan fingerprint density at radius 2 is 1.79 bits per heavy atom. The number of nitrogens with one attached hydrogen (secondary N) is 1. The molecule has 1 aliphatic heterocycles.